The Bertz CT molecular complexity index is 1780. The molecular formula is C29H25ClF2N6O2. The first-order valence-electron chi connectivity index (χ1n) is 13.0. The number of carbonyl (C=O) groups excluding carboxylic acids is 1. The maximum Gasteiger partial charge on any atom is 0.333 e. The van der Waals surface area contributed by atoms with Crippen LogP contribution in [0, 0.1) is 5.92 Å². The summed E-state index contributed by atoms with van der Waals surface area (Å²) >= 11 is 5.90. The van der Waals surface area contributed by atoms with Gasteiger partial charge in [-0.15, -0.1) is 0 Å². The zero-order valence-electron chi connectivity index (χ0n) is 21.3. The van der Waals surface area contributed by atoms with Gasteiger partial charge in [-0.2, -0.15) is 0 Å². The van der Waals surface area contributed by atoms with Crippen molar-refractivity contribution in [3.05, 3.63) is 93.9 Å². The second kappa shape index (κ2) is 10.8. The summed E-state index contributed by atoms with van der Waals surface area (Å²) in [5.41, 5.74) is 2.92. The van der Waals surface area contributed by atoms with E-state index in [1.165, 1.54) is 6.07 Å². The van der Waals surface area contributed by atoms with Crippen LogP contribution in [0.4, 0.5) is 8.78 Å². The lowest BCUT2D eigenvalue weighted by atomic mass is 9.85. The van der Waals surface area contributed by atoms with E-state index in [4.69, 9.17) is 11.6 Å². The van der Waals surface area contributed by atoms with E-state index in [1.54, 1.807) is 17.0 Å². The molecule has 5 aromatic rings. The van der Waals surface area contributed by atoms with Crippen LogP contribution >= 0.6 is 11.6 Å². The Balaban J connectivity index is 1.19. The Morgan fingerprint density at radius 3 is 2.45 bits per heavy atom. The van der Waals surface area contributed by atoms with Crippen LogP contribution in [0.2, 0.25) is 5.02 Å². The molecule has 40 heavy (non-hydrogen) atoms. The van der Waals surface area contributed by atoms with Gasteiger partial charge in [0.15, 0.2) is 0 Å². The molecule has 1 fully saturated rings. The van der Waals surface area contributed by atoms with Crippen molar-refractivity contribution in [1.29, 1.82) is 0 Å². The Hall–Kier alpha value is -4.18. The minimum atomic E-state index is -2.88. The molecule has 1 amide bonds. The summed E-state index contributed by atoms with van der Waals surface area (Å²) in [6, 6.07) is 14.4. The predicted molar refractivity (Wildman–Crippen MR) is 148 cm³/mol. The van der Waals surface area contributed by atoms with E-state index in [9.17, 15) is 18.4 Å². The van der Waals surface area contributed by atoms with E-state index in [1.807, 2.05) is 47.0 Å². The first-order valence-corrected chi connectivity index (χ1v) is 13.4. The average Bonchev–Trinajstić information content (AvgIpc) is 3.24. The number of carbonyl (C=O) groups is 1. The second-order valence-corrected chi connectivity index (χ2v) is 10.5. The van der Waals surface area contributed by atoms with Crippen LogP contribution in [-0.4, -0.2) is 36.0 Å². The third-order valence-corrected chi connectivity index (χ3v) is 7.71. The monoisotopic (exact) mass is 562 g/mol. The van der Waals surface area contributed by atoms with Gasteiger partial charge in [-0.05, 0) is 68.0 Å². The van der Waals surface area contributed by atoms with Crippen molar-refractivity contribution >= 4 is 39.6 Å². The first-order chi connectivity index (χ1) is 19.4. The lowest BCUT2D eigenvalue weighted by molar-refractivity contribution is 0.0904. The van der Waals surface area contributed by atoms with Crippen molar-refractivity contribution in [2.24, 2.45) is 5.92 Å². The van der Waals surface area contributed by atoms with Crippen molar-refractivity contribution in [1.82, 2.24) is 29.4 Å². The molecule has 0 saturated heterocycles. The molecule has 0 spiro atoms. The average molecular weight is 563 g/mol. The number of amides is 1. The number of para-hydroxylation sites is 2. The van der Waals surface area contributed by atoms with Crippen molar-refractivity contribution in [3.63, 3.8) is 0 Å². The number of hydrogen-bond acceptors (Lipinski definition) is 5. The summed E-state index contributed by atoms with van der Waals surface area (Å²) in [7, 11) is 0. The summed E-state index contributed by atoms with van der Waals surface area (Å²) in [6.07, 6.45) is 4.39. The minimum absolute atomic E-state index is 0.125. The Morgan fingerprint density at radius 1 is 0.975 bits per heavy atom. The molecule has 3 heterocycles. The highest BCUT2D eigenvalue weighted by molar-refractivity contribution is 6.30. The lowest BCUT2D eigenvalue weighted by Gasteiger charge is -2.29. The zero-order chi connectivity index (χ0) is 27.8. The molecule has 204 valence electrons. The molecule has 0 unspecified atom stereocenters. The van der Waals surface area contributed by atoms with Gasteiger partial charge in [0.2, 0.25) is 0 Å². The van der Waals surface area contributed by atoms with Crippen LogP contribution in [0.1, 0.15) is 48.2 Å². The van der Waals surface area contributed by atoms with Gasteiger partial charge in [-0.3, -0.25) is 28.9 Å². The smallest absolute Gasteiger partial charge is 0.333 e. The number of halogens is 3. The summed E-state index contributed by atoms with van der Waals surface area (Å²) in [5, 5.41) is 2.99. The van der Waals surface area contributed by atoms with Crippen LogP contribution in [-0.2, 0) is 6.54 Å². The van der Waals surface area contributed by atoms with Crippen LogP contribution < -0.4 is 11.0 Å². The number of benzene rings is 2. The van der Waals surface area contributed by atoms with Crippen molar-refractivity contribution in [3.8, 4) is 5.69 Å². The van der Waals surface area contributed by atoms with Crippen LogP contribution in [0.15, 0.2) is 71.9 Å². The molecular weight excluding hydrogens is 538 g/mol. The van der Waals surface area contributed by atoms with E-state index in [0.717, 1.165) is 41.3 Å². The third-order valence-electron chi connectivity index (χ3n) is 7.51. The number of fused-ring (bicyclic) bond motifs is 2. The summed E-state index contributed by atoms with van der Waals surface area (Å²) in [6.45, 7) is 0.536. The Labute approximate surface area is 232 Å². The molecule has 6 rings (SSSR count). The number of pyridine rings is 1. The van der Waals surface area contributed by atoms with E-state index in [-0.39, 0.29) is 28.2 Å². The molecule has 8 nitrogen and oxygen atoms in total. The van der Waals surface area contributed by atoms with E-state index >= 15 is 0 Å². The highest BCUT2D eigenvalue weighted by Crippen LogP contribution is 2.29. The topological polar surface area (TPSA) is 94.7 Å². The number of imidazole rings is 1. The number of nitrogens with zero attached hydrogens (tertiary/aromatic N) is 5. The molecule has 1 N–H and O–H groups in total. The Kier molecular flexibility index (Phi) is 7.02. The normalized spacial score (nSPS) is 17.5. The van der Waals surface area contributed by atoms with E-state index < -0.39 is 18.0 Å². The SMILES string of the molecule is O=C(NC1CCC(Cn2c(=O)n(-c3ccc4nccnc4c3)c3ccccc32)CC1)c1cc(Cl)cnc1C(F)F. The molecule has 0 radical (unpaired) electrons. The number of alkyl halides is 2. The molecule has 1 aliphatic carbocycles. The first kappa shape index (κ1) is 26.1. The number of nitrogens with one attached hydrogen (secondary N) is 1. The lowest BCUT2D eigenvalue weighted by Crippen LogP contribution is -2.39. The summed E-state index contributed by atoms with van der Waals surface area (Å²) in [5.74, 6) is -0.384. The highest BCUT2D eigenvalue weighted by Gasteiger charge is 2.27. The van der Waals surface area contributed by atoms with Gasteiger partial charge in [0.25, 0.3) is 12.3 Å². The summed E-state index contributed by atoms with van der Waals surface area (Å²) in [4.78, 5) is 38.8. The van der Waals surface area contributed by atoms with Crippen molar-refractivity contribution in [2.45, 2.75) is 44.7 Å². The highest BCUT2D eigenvalue weighted by atomic mass is 35.5. The van der Waals surface area contributed by atoms with Gasteiger partial charge in [-0.25, -0.2) is 13.6 Å². The molecule has 1 aliphatic rings. The van der Waals surface area contributed by atoms with Crippen LogP contribution in [0.3, 0.4) is 0 Å². The molecule has 0 atom stereocenters. The molecule has 3 aromatic heterocycles. The fraction of sp³-hybridized carbons (Fsp3) is 0.276. The standard InChI is InChI=1S/C29H25ClF2N6O2/c30-18-13-21(26(27(31)32)35-15-18)28(39)36-19-7-5-17(6-8-19)16-37-24-3-1-2-4-25(24)38(29(37)40)20-9-10-22-23(14-20)34-12-11-33-22/h1-4,9-15,17,19,27H,5-8,16H2,(H,36,39). The van der Waals surface area contributed by atoms with Crippen LogP contribution in [0.5, 0.6) is 0 Å². The van der Waals surface area contributed by atoms with Gasteiger partial charge in [0, 0.05) is 31.2 Å². The van der Waals surface area contributed by atoms with E-state index in [0.29, 0.717) is 24.9 Å². The summed E-state index contributed by atoms with van der Waals surface area (Å²) < 4.78 is 30.2. The van der Waals surface area contributed by atoms with Gasteiger partial charge in [0.1, 0.15) is 5.69 Å². The third kappa shape index (κ3) is 4.95. The van der Waals surface area contributed by atoms with Gasteiger partial charge >= 0.3 is 5.69 Å². The van der Waals surface area contributed by atoms with E-state index in [2.05, 4.69) is 20.3 Å². The number of aromatic nitrogens is 5. The zero-order valence-corrected chi connectivity index (χ0v) is 22.1. The molecule has 0 aliphatic heterocycles. The maximum atomic E-state index is 13.7. The molecule has 1 saturated carbocycles. The fourth-order valence-electron chi connectivity index (χ4n) is 5.54. The van der Waals surface area contributed by atoms with Crippen LogP contribution in [0.25, 0.3) is 27.8 Å². The number of hydrogen-bond donors (Lipinski definition) is 1. The second-order valence-electron chi connectivity index (χ2n) is 10.0. The number of rotatable bonds is 6. The van der Waals surface area contributed by atoms with Crippen molar-refractivity contribution in [2.75, 3.05) is 0 Å². The fourth-order valence-corrected chi connectivity index (χ4v) is 5.70. The molecule has 2 aromatic carbocycles. The predicted octanol–water partition coefficient (Wildman–Crippen LogP) is 5.71. The minimum Gasteiger partial charge on any atom is -0.349 e. The van der Waals surface area contributed by atoms with Gasteiger partial charge < -0.3 is 5.32 Å². The van der Waals surface area contributed by atoms with Gasteiger partial charge in [-0.1, -0.05) is 23.7 Å². The maximum absolute atomic E-state index is 13.7. The quantitative estimate of drug-likeness (QED) is 0.286. The largest absolute Gasteiger partial charge is 0.349 e. The molecule has 0 bridgehead atoms. The van der Waals surface area contributed by atoms with Crippen molar-refractivity contribution < 1.29 is 13.6 Å². The Morgan fingerprint density at radius 2 is 1.70 bits per heavy atom. The van der Waals surface area contributed by atoms with Gasteiger partial charge in [0.05, 0.1) is 38.3 Å². The molecule has 11 heteroatoms.